The molecule has 0 unspecified atom stereocenters. The van der Waals surface area contributed by atoms with Crippen LogP contribution >= 0.6 is 0 Å². The molecule has 3 heterocycles. The van der Waals surface area contributed by atoms with Crippen molar-refractivity contribution in [3.63, 3.8) is 0 Å². The zero-order valence-electron chi connectivity index (χ0n) is 25.0. The minimum atomic E-state index is -0.262. The third-order valence-corrected chi connectivity index (χ3v) is 8.82. The molecule has 3 aliphatic rings. The molecular formula is C31H45N7O3. The number of fused-ring (bicyclic) bond motifs is 1. The molecule has 1 aromatic heterocycles. The molecule has 1 aliphatic carbocycles. The number of anilines is 4. The Labute approximate surface area is 244 Å². The fraction of sp³-hybridized carbons (Fsp3) is 0.581. The highest BCUT2D eigenvalue weighted by molar-refractivity contribution is 6.04. The minimum Gasteiger partial charge on any atom is -0.495 e. The number of carbonyl (C=O) groups excluding carboxylic acids is 2. The molecule has 2 N–H and O–H groups in total. The van der Waals surface area contributed by atoms with Crippen LogP contribution in [0.4, 0.5) is 23.0 Å². The van der Waals surface area contributed by atoms with Crippen LogP contribution < -0.4 is 25.2 Å². The Morgan fingerprint density at radius 1 is 1.02 bits per heavy atom. The van der Waals surface area contributed by atoms with Crippen LogP contribution in [0.3, 0.4) is 0 Å². The highest BCUT2D eigenvalue weighted by atomic mass is 16.5. The summed E-state index contributed by atoms with van der Waals surface area (Å²) in [5.41, 5.74) is 2.11. The predicted molar refractivity (Wildman–Crippen MR) is 164 cm³/mol. The Bertz CT molecular complexity index is 1220. The topological polar surface area (TPSA) is 93.3 Å². The van der Waals surface area contributed by atoms with Crippen molar-refractivity contribution in [2.24, 2.45) is 0 Å². The molecule has 222 valence electrons. The molecule has 10 nitrogen and oxygen atoms in total. The lowest BCUT2D eigenvalue weighted by atomic mass is 10.0. The van der Waals surface area contributed by atoms with Crippen LogP contribution in [0.15, 0.2) is 30.3 Å². The highest BCUT2D eigenvalue weighted by Crippen LogP contribution is 2.39. The normalized spacial score (nSPS) is 20.9. The fourth-order valence-corrected chi connectivity index (χ4v) is 6.26. The standard InChI is InChI=1S/C31H45N7O3/c1-22-31(40)36(3)26-13-14-28(34-29(26)38(22)24-9-7-5-6-8-10-24)33-25-12-11-23(21-27(25)41-4)30(39)32-15-16-37-19-17-35(2)18-20-37/h11-14,21-22,24H,5-10,15-20H2,1-4H3,(H,32,39)(H,33,34)/t22-/m1/s1. The van der Waals surface area contributed by atoms with E-state index in [0.717, 1.165) is 62.8 Å². The molecule has 2 amide bonds. The van der Waals surface area contributed by atoms with Crippen molar-refractivity contribution in [1.82, 2.24) is 20.1 Å². The van der Waals surface area contributed by atoms with E-state index >= 15 is 0 Å². The van der Waals surface area contributed by atoms with Gasteiger partial charge in [0.15, 0.2) is 5.82 Å². The van der Waals surface area contributed by atoms with Crippen molar-refractivity contribution in [1.29, 1.82) is 0 Å². The Morgan fingerprint density at radius 2 is 1.76 bits per heavy atom. The van der Waals surface area contributed by atoms with Crippen molar-refractivity contribution < 1.29 is 14.3 Å². The molecule has 0 bridgehead atoms. The molecule has 1 atom stereocenters. The summed E-state index contributed by atoms with van der Waals surface area (Å²) in [4.78, 5) is 39.7. The molecule has 1 saturated heterocycles. The number of nitrogens with one attached hydrogen (secondary N) is 2. The smallest absolute Gasteiger partial charge is 0.251 e. The first-order valence-electron chi connectivity index (χ1n) is 15.1. The maximum Gasteiger partial charge on any atom is 0.251 e. The first-order chi connectivity index (χ1) is 19.9. The summed E-state index contributed by atoms with van der Waals surface area (Å²) < 4.78 is 5.66. The summed E-state index contributed by atoms with van der Waals surface area (Å²) in [5, 5.41) is 6.44. The number of aromatic nitrogens is 1. The molecule has 0 spiro atoms. The molecular weight excluding hydrogens is 518 g/mol. The van der Waals surface area contributed by atoms with Gasteiger partial charge in [0.05, 0.1) is 18.5 Å². The molecule has 2 fully saturated rings. The molecule has 5 rings (SSSR count). The van der Waals surface area contributed by atoms with Crippen LogP contribution in [-0.4, -0.2) is 99.2 Å². The number of methoxy groups -OCH3 is 1. The second-order valence-electron chi connectivity index (χ2n) is 11.6. The van der Waals surface area contributed by atoms with E-state index in [0.29, 0.717) is 29.7 Å². The largest absolute Gasteiger partial charge is 0.495 e. The number of piperazine rings is 1. The zero-order valence-corrected chi connectivity index (χ0v) is 25.0. The van der Waals surface area contributed by atoms with Gasteiger partial charge in [0.1, 0.15) is 17.6 Å². The average molecular weight is 564 g/mol. The number of carbonyl (C=O) groups is 2. The second-order valence-corrected chi connectivity index (χ2v) is 11.6. The molecule has 41 heavy (non-hydrogen) atoms. The van der Waals surface area contributed by atoms with Crippen LogP contribution in [0.25, 0.3) is 0 Å². The zero-order chi connectivity index (χ0) is 28.9. The van der Waals surface area contributed by atoms with Crippen LogP contribution in [0.5, 0.6) is 5.75 Å². The van der Waals surface area contributed by atoms with Crippen LogP contribution in [0, 0.1) is 0 Å². The van der Waals surface area contributed by atoms with Gasteiger partial charge in [-0.1, -0.05) is 25.7 Å². The third-order valence-electron chi connectivity index (χ3n) is 8.82. The van der Waals surface area contributed by atoms with E-state index in [1.165, 1.54) is 25.7 Å². The summed E-state index contributed by atoms with van der Waals surface area (Å²) in [6, 6.07) is 9.32. The van der Waals surface area contributed by atoms with E-state index in [-0.39, 0.29) is 17.9 Å². The summed E-state index contributed by atoms with van der Waals surface area (Å²) in [6.45, 7) is 7.62. The number of hydrogen-bond donors (Lipinski definition) is 2. The van der Waals surface area contributed by atoms with Gasteiger partial charge in [0.2, 0.25) is 5.91 Å². The van der Waals surface area contributed by atoms with E-state index < -0.39 is 0 Å². The van der Waals surface area contributed by atoms with Gasteiger partial charge < -0.3 is 30.1 Å². The quantitative estimate of drug-likeness (QED) is 0.470. The van der Waals surface area contributed by atoms with Gasteiger partial charge >= 0.3 is 0 Å². The Hall–Kier alpha value is -3.37. The number of nitrogens with zero attached hydrogens (tertiary/aromatic N) is 5. The van der Waals surface area contributed by atoms with Gasteiger partial charge in [-0.25, -0.2) is 4.98 Å². The summed E-state index contributed by atoms with van der Waals surface area (Å²) >= 11 is 0. The van der Waals surface area contributed by atoms with Crippen molar-refractivity contribution in [3.05, 3.63) is 35.9 Å². The van der Waals surface area contributed by atoms with Gasteiger partial charge in [0.25, 0.3) is 5.91 Å². The highest BCUT2D eigenvalue weighted by Gasteiger charge is 2.38. The van der Waals surface area contributed by atoms with Crippen LogP contribution in [-0.2, 0) is 4.79 Å². The Morgan fingerprint density at radius 3 is 2.46 bits per heavy atom. The number of benzene rings is 1. The first-order valence-corrected chi connectivity index (χ1v) is 15.1. The summed E-state index contributed by atoms with van der Waals surface area (Å²) in [7, 11) is 5.57. The van der Waals surface area contributed by atoms with E-state index in [4.69, 9.17) is 9.72 Å². The molecule has 2 aromatic rings. The van der Waals surface area contributed by atoms with Crippen LogP contribution in [0.2, 0.25) is 0 Å². The minimum absolute atomic E-state index is 0.100. The Balaban J connectivity index is 1.30. The van der Waals surface area contributed by atoms with E-state index in [2.05, 4.69) is 32.4 Å². The molecule has 2 aliphatic heterocycles. The van der Waals surface area contributed by atoms with Gasteiger partial charge in [-0.15, -0.1) is 0 Å². The number of likely N-dealkylation sites (N-methyl/N-ethyl adjacent to an activating group) is 2. The number of hydrogen-bond acceptors (Lipinski definition) is 8. The maximum absolute atomic E-state index is 13.1. The molecule has 1 saturated carbocycles. The van der Waals surface area contributed by atoms with Crippen molar-refractivity contribution in [3.8, 4) is 5.75 Å². The second kappa shape index (κ2) is 13.1. The van der Waals surface area contributed by atoms with E-state index in [1.54, 1.807) is 24.1 Å². The molecule has 0 radical (unpaired) electrons. The van der Waals surface area contributed by atoms with E-state index in [1.807, 2.05) is 32.2 Å². The molecule has 1 aromatic carbocycles. The number of rotatable bonds is 8. The SMILES string of the molecule is COc1cc(C(=O)NCCN2CCN(C)CC2)ccc1Nc1ccc2c(n1)N(C1CCCCCC1)[C@H](C)C(=O)N2C. The number of pyridine rings is 1. The van der Waals surface area contributed by atoms with Crippen molar-refractivity contribution in [2.45, 2.75) is 57.5 Å². The summed E-state index contributed by atoms with van der Waals surface area (Å²) in [6.07, 6.45) is 7.01. The van der Waals surface area contributed by atoms with Crippen LogP contribution in [0.1, 0.15) is 55.8 Å². The average Bonchev–Trinajstić information content (AvgIpc) is 3.27. The lowest BCUT2D eigenvalue weighted by molar-refractivity contribution is -0.119. The van der Waals surface area contributed by atoms with Gasteiger partial charge in [0, 0.05) is 57.9 Å². The van der Waals surface area contributed by atoms with Gasteiger partial charge in [-0.05, 0) is 57.1 Å². The lowest BCUT2D eigenvalue weighted by Gasteiger charge is -2.43. The Kier molecular flexibility index (Phi) is 9.29. The fourth-order valence-electron chi connectivity index (χ4n) is 6.26. The predicted octanol–water partition coefficient (Wildman–Crippen LogP) is 3.71. The monoisotopic (exact) mass is 563 g/mol. The van der Waals surface area contributed by atoms with Gasteiger partial charge in [-0.3, -0.25) is 14.5 Å². The van der Waals surface area contributed by atoms with Gasteiger partial charge in [-0.2, -0.15) is 0 Å². The van der Waals surface area contributed by atoms with E-state index in [9.17, 15) is 9.59 Å². The summed E-state index contributed by atoms with van der Waals surface area (Å²) in [5.74, 6) is 2.06. The number of ether oxygens (including phenoxy) is 1. The maximum atomic E-state index is 13.1. The lowest BCUT2D eigenvalue weighted by Crippen LogP contribution is -2.55. The van der Waals surface area contributed by atoms with Crippen molar-refractivity contribution >= 4 is 34.8 Å². The third kappa shape index (κ3) is 6.59. The first kappa shape index (κ1) is 29.1. The number of amides is 2. The molecule has 10 heteroatoms. The van der Waals surface area contributed by atoms with Crippen molar-refractivity contribution in [2.75, 3.05) is 75.6 Å².